The van der Waals surface area contributed by atoms with Gasteiger partial charge in [-0.05, 0) is 25.3 Å². The number of hydrogen-bond acceptors (Lipinski definition) is 6. The van der Waals surface area contributed by atoms with E-state index in [1.165, 1.54) is 4.90 Å². The summed E-state index contributed by atoms with van der Waals surface area (Å²) in [5.41, 5.74) is 4.30. The van der Waals surface area contributed by atoms with Crippen LogP contribution in [0, 0.1) is 0 Å². The van der Waals surface area contributed by atoms with Crippen molar-refractivity contribution in [3.05, 3.63) is 64.7 Å². The summed E-state index contributed by atoms with van der Waals surface area (Å²) in [4.78, 5) is 51.9. The lowest BCUT2D eigenvalue weighted by Crippen LogP contribution is -2.48. The van der Waals surface area contributed by atoms with Crippen LogP contribution in [0.2, 0.25) is 1.41 Å². The predicted octanol–water partition coefficient (Wildman–Crippen LogP) is 1.33. The molecule has 0 unspecified atom stereocenters. The number of carbonyl (C=O) groups is 4. The molecule has 166 valence electrons. The third kappa shape index (κ3) is 4.01. The molecule has 0 aromatic heterocycles. The van der Waals surface area contributed by atoms with Crippen LogP contribution in [0.15, 0.2) is 42.5 Å². The molecule has 2 aliphatic rings. The third-order valence-corrected chi connectivity index (χ3v) is 5.95. The first kappa shape index (κ1) is 20.4. The van der Waals surface area contributed by atoms with E-state index in [0.717, 1.165) is 6.42 Å². The Balaban J connectivity index is 1.32. The Morgan fingerprint density at radius 1 is 1.03 bits per heavy atom. The lowest BCUT2D eigenvalue weighted by Gasteiger charge is -2.23. The standard InChI is InChI=1S/C24H26N4O4/c25-14-20(29)28-13-4-10-19(28)24(32)27-12-5-11-26-18-9-3-8-17-21(18)23(31)16-7-2-1-6-15(16)22(17)30/h1-3,6-9,19,26H,4-5,10-14,25H2,(H,27,32)/t19-/m0/s1/i/hD. The van der Waals surface area contributed by atoms with E-state index >= 15 is 0 Å². The van der Waals surface area contributed by atoms with Crippen molar-refractivity contribution in [1.29, 1.82) is 0 Å². The normalized spacial score (nSPS) is 17.4. The molecule has 4 N–H and O–H groups in total. The van der Waals surface area contributed by atoms with E-state index in [1.54, 1.807) is 42.5 Å². The number of benzene rings is 2. The zero-order valence-electron chi connectivity index (χ0n) is 18.6. The van der Waals surface area contributed by atoms with Crippen molar-refractivity contribution in [1.82, 2.24) is 10.2 Å². The van der Waals surface area contributed by atoms with Crippen LogP contribution in [0.4, 0.5) is 5.69 Å². The summed E-state index contributed by atoms with van der Waals surface area (Å²) < 4.78 is 6.97. The van der Waals surface area contributed by atoms with E-state index in [0.29, 0.717) is 60.4 Å². The highest BCUT2D eigenvalue weighted by Crippen LogP contribution is 2.31. The Labute approximate surface area is 187 Å². The van der Waals surface area contributed by atoms with Gasteiger partial charge in [-0.2, -0.15) is 0 Å². The average molecular weight is 436 g/mol. The van der Waals surface area contributed by atoms with Gasteiger partial charge in [0.2, 0.25) is 11.8 Å². The van der Waals surface area contributed by atoms with Crippen LogP contribution in [0.25, 0.3) is 0 Å². The largest absolute Gasteiger partial charge is 0.384 e. The summed E-state index contributed by atoms with van der Waals surface area (Å²) in [6.45, 7) is 1.32. The fraction of sp³-hybridized carbons (Fsp3) is 0.333. The molecule has 0 bridgehead atoms. The number of nitrogens with zero attached hydrogens (tertiary/aromatic N) is 1. The van der Waals surface area contributed by atoms with Gasteiger partial charge in [-0.25, -0.2) is 0 Å². The maximum Gasteiger partial charge on any atom is 0.242 e. The molecule has 1 aliphatic carbocycles. The minimum atomic E-state index is -0.497. The van der Waals surface area contributed by atoms with E-state index in [-0.39, 0.29) is 29.9 Å². The predicted molar refractivity (Wildman–Crippen MR) is 120 cm³/mol. The van der Waals surface area contributed by atoms with Gasteiger partial charge in [-0.1, -0.05) is 36.4 Å². The van der Waals surface area contributed by atoms with Gasteiger partial charge in [0.1, 0.15) is 7.45 Å². The van der Waals surface area contributed by atoms with Crippen molar-refractivity contribution >= 4 is 29.1 Å². The van der Waals surface area contributed by atoms with Crippen LogP contribution in [-0.2, 0) is 9.59 Å². The molecule has 0 radical (unpaired) electrons. The second kappa shape index (κ2) is 9.32. The number of anilines is 1. The lowest BCUT2D eigenvalue weighted by atomic mass is 9.83. The van der Waals surface area contributed by atoms with Crippen molar-refractivity contribution in [2.75, 3.05) is 31.5 Å². The van der Waals surface area contributed by atoms with Gasteiger partial charge in [0.25, 0.3) is 0 Å². The van der Waals surface area contributed by atoms with Crippen molar-refractivity contribution in [2.24, 2.45) is 5.73 Å². The van der Waals surface area contributed by atoms with Crippen LogP contribution in [0.3, 0.4) is 0 Å². The molecule has 0 spiro atoms. The second-order valence-corrected chi connectivity index (χ2v) is 7.93. The number of hydrogen-bond donors (Lipinski definition) is 3. The lowest BCUT2D eigenvalue weighted by molar-refractivity contribution is -0.137. The number of ketones is 2. The zero-order valence-corrected chi connectivity index (χ0v) is 17.6. The first-order valence-electron chi connectivity index (χ1n) is 11.3. The monoisotopic (exact) mass is 435 g/mol. The summed E-state index contributed by atoms with van der Waals surface area (Å²) >= 11 is 0. The molecule has 8 heteroatoms. The van der Waals surface area contributed by atoms with Gasteiger partial charge in [0, 0.05) is 42.0 Å². The highest BCUT2D eigenvalue weighted by Gasteiger charge is 2.33. The SMILES string of the molecule is [2H]NCC(=O)N1CCC[C@H]1C(=O)NCCCNc1cccc2c1C(=O)c1ccccc1C2=O. The van der Waals surface area contributed by atoms with Crippen molar-refractivity contribution < 1.29 is 20.6 Å². The van der Waals surface area contributed by atoms with Crippen molar-refractivity contribution in [3.63, 3.8) is 0 Å². The van der Waals surface area contributed by atoms with Crippen LogP contribution >= 0.6 is 0 Å². The molecule has 1 aliphatic heterocycles. The van der Waals surface area contributed by atoms with Gasteiger partial charge in [-0.3, -0.25) is 19.2 Å². The summed E-state index contributed by atoms with van der Waals surface area (Å²) in [5, 5.41) is 6.09. The van der Waals surface area contributed by atoms with Gasteiger partial charge in [0.15, 0.2) is 11.6 Å². The number of fused-ring (bicyclic) bond motifs is 2. The highest BCUT2D eigenvalue weighted by molar-refractivity contribution is 6.30. The van der Waals surface area contributed by atoms with Crippen LogP contribution in [0.5, 0.6) is 0 Å². The molecule has 2 aromatic carbocycles. The fourth-order valence-corrected chi connectivity index (χ4v) is 4.37. The minimum absolute atomic E-state index is 0.110. The quantitative estimate of drug-likeness (QED) is 0.459. The van der Waals surface area contributed by atoms with Crippen LogP contribution in [0.1, 0.15) is 51.1 Å². The number of amides is 2. The highest BCUT2D eigenvalue weighted by atomic mass is 16.2. The number of carbonyl (C=O) groups excluding carboxylic acids is 4. The van der Waals surface area contributed by atoms with Crippen LogP contribution in [-0.4, -0.2) is 60.5 Å². The van der Waals surface area contributed by atoms with E-state index < -0.39 is 6.04 Å². The van der Waals surface area contributed by atoms with Gasteiger partial charge < -0.3 is 21.3 Å². The third-order valence-electron chi connectivity index (χ3n) is 5.95. The number of likely N-dealkylation sites (tertiary alicyclic amines) is 1. The Morgan fingerprint density at radius 2 is 1.78 bits per heavy atom. The molecule has 1 heterocycles. The smallest absolute Gasteiger partial charge is 0.242 e. The van der Waals surface area contributed by atoms with E-state index in [1.807, 2.05) is 0 Å². The van der Waals surface area contributed by atoms with E-state index in [2.05, 4.69) is 16.4 Å². The number of nitrogens with one attached hydrogen (secondary N) is 2. The Morgan fingerprint density at radius 3 is 2.56 bits per heavy atom. The van der Waals surface area contributed by atoms with E-state index in [4.69, 9.17) is 1.41 Å². The topological polar surface area (TPSA) is 122 Å². The Hall–Kier alpha value is -3.52. The molecule has 2 aromatic rings. The minimum Gasteiger partial charge on any atom is -0.384 e. The summed E-state index contributed by atoms with van der Waals surface area (Å²) in [6, 6.07) is 11.5. The zero-order chi connectivity index (χ0) is 23.4. The molecular weight excluding hydrogens is 408 g/mol. The average Bonchev–Trinajstić information content (AvgIpc) is 3.32. The van der Waals surface area contributed by atoms with Crippen molar-refractivity contribution in [3.8, 4) is 0 Å². The Bertz CT molecular complexity index is 1100. The molecule has 4 rings (SSSR count). The molecule has 1 fully saturated rings. The van der Waals surface area contributed by atoms with Crippen LogP contribution < -0.4 is 16.4 Å². The van der Waals surface area contributed by atoms with Gasteiger partial charge >= 0.3 is 0 Å². The molecule has 32 heavy (non-hydrogen) atoms. The Kier molecular flexibility index (Phi) is 5.93. The molecular formula is C24H26N4O4. The second-order valence-electron chi connectivity index (χ2n) is 7.93. The summed E-state index contributed by atoms with van der Waals surface area (Å²) in [5.74, 6) is -0.781. The van der Waals surface area contributed by atoms with Gasteiger partial charge in [-0.15, -0.1) is 0 Å². The van der Waals surface area contributed by atoms with E-state index in [9.17, 15) is 19.2 Å². The van der Waals surface area contributed by atoms with Crippen molar-refractivity contribution in [2.45, 2.75) is 25.3 Å². The first-order valence-corrected chi connectivity index (χ1v) is 10.8. The fourth-order valence-electron chi connectivity index (χ4n) is 4.37. The maximum absolute atomic E-state index is 13.0. The molecule has 2 amide bonds. The maximum atomic E-state index is 13.0. The molecule has 8 nitrogen and oxygen atoms in total. The number of rotatable bonds is 8. The first-order chi connectivity index (χ1) is 16.0. The molecule has 1 atom stereocenters. The summed E-state index contributed by atoms with van der Waals surface area (Å²) in [7, 11) is 0. The van der Waals surface area contributed by atoms with Gasteiger partial charge in [0.05, 0.1) is 12.1 Å². The summed E-state index contributed by atoms with van der Waals surface area (Å²) in [6.07, 6.45) is 1.98. The molecule has 0 saturated carbocycles. The number of nitrogens with two attached hydrogens (primary N) is 1. The molecule has 1 saturated heterocycles.